The van der Waals surface area contributed by atoms with Crippen molar-refractivity contribution in [3.63, 3.8) is 0 Å². The maximum absolute atomic E-state index is 13.9. The zero-order chi connectivity index (χ0) is 16.0. The topological polar surface area (TPSA) is 84.9 Å². The van der Waals surface area contributed by atoms with Crippen molar-refractivity contribution >= 4 is 10.0 Å². The van der Waals surface area contributed by atoms with Gasteiger partial charge in [0.25, 0.3) is 0 Å². The molecule has 0 aliphatic rings. The Balaban J connectivity index is 2.92. The highest BCUT2D eigenvalue weighted by Crippen LogP contribution is 2.31. The van der Waals surface area contributed by atoms with Gasteiger partial charge in [-0.25, -0.2) is 17.5 Å². The van der Waals surface area contributed by atoms with Crippen molar-refractivity contribution in [2.24, 2.45) is 0 Å². The summed E-state index contributed by atoms with van der Waals surface area (Å²) in [5, 5.41) is 9.10. The van der Waals surface area contributed by atoms with Gasteiger partial charge in [-0.1, -0.05) is 0 Å². The van der Waals surface area contributed by atoms with Gasteiger partial charge in [0.2, 0.25) is 10.0 Å². The minimum Gasteiger partial charge on any atom is -0.493 e. The van der Waals surface area contributed by atoms with E-state index in [0.717, 1.165) is 12.1 Å². The average molecular weight is 321 g/mol. The molecule has 6 nitrogen and oxygen atoms in total. The largest absolute Gasteiger partial charge is 0.493 e. The summed E-state index contributed by atoms with van der Waals surface area (Å²) in [4.78, 5) is -0.503. The third-order valence-corrected chi connectivity index (χ3v) is 4.29. The smallest absolute Gasteiger partial charge is 0.243 e. The highest BCUT2D eigenvalue weighted by Gasteiger charge is 2.22. The lowest BCUT2D eigenvalue weighted by Crippen LogP contribution is -2.26. The average Bonchev–Trinajstić information content (AvgIpc) is 2.42. The third-order valence-electron chi connectivity index (χ3n) is 2.82. The summed E-state index contributed by atoms with van der Waals surface area (Å²) >= 11 is 0. The van der Waals surface area contributed by atoms with Gasteiger partial charge in [-0.15, -0.1) is 0 Å². The molecule has 1 atom stereocenters. The van der Waals surface area contributed by atoms with Crippen LogP contribution in [0.1, 0.15) is 19.8 Å². The number of ether oxygens (including phenoxy) is 2. The third kappa shape index (κ3) is 4.83. The first kappa shape index (κ1) is 17.7. The monoisotopic (exact) mass is 321 g/mol. The Hall–Kier alpha value is -1.38. The van der Waals surface area contributed by atoms with Gasteiger partial charge in [0.1, 0.15) is 10.7 Å². The Kier molecular flexibility index (Phi) is 6.38. The second-order valence-corrected chi connectivity index (χ2v) is 6.26. The first-order chi connectivity index (χ1) is 9.81. The number of sulfonamides is 1. The summed E-state index contributed by atoms with van der Waals surface area (Å²) in [5.74, 6) is -0.679. The van der Waals surface area contributed by atoms with E-state index < -0.39 is 26.8 Å². The van der Waals surface area contributed by atoms with Crippen LogP contribution in [0, 0.1) is 5.82 Å². The molecule has 1 unspecified atom stereocenters. The maximum Gasteiger partial charge on any atom is 0.243 e. The number of aliphatic hydroxyl groups excluding tert-OH is 1. The van der Waals surface area contributed by atoms with Crippen molar-refractivity contribution in [3.8, 4) is 11.5 Å². The number of rotatable bonds is 8. The zero-order valence-electron chi connectivity index (χ0n) is 12.2. The van der Waals surface area contributed by atoms with E-state index in [1.54, 1.807) is 6.92 Å². The van der Waals surface area contributed by atoms with Crippen LogP contribution in [0.5, 0.6) is 11.5 Å². The van der Waals surface area contributed by atoms with E-state index >= 15 is 0 Å². The Bertz CT molecular complexity index is 574. The molecule has 0 spiro atoms. The Morgan fingerprint density at radius 2 is 1.86 bits per heavy atom. The van der Waals surface area contributed by atoms with Gasteiger partial charge >= 0.3 is 0 Å². The van der Waals surface area contributed by atoms with Crippen LogP contribution < -0.4 is 14.2 Å². The molecule has 1 aromatic carbocycles. The van der Waals surface area contributed by atoms with Gasteiger partial charge in [-0.05, 0) is 19.8 Å². The van der Waals surface area contributed by atoms with Gasteiger partial charge in [0.05, 0.1) is 20.3 Å². The lowest BCUT2D eigenvalue weighted by Gasteiger charge is -2.12. The Morgan fingerprint density at radius 1 is 1.29 bits per heavy atom. The number of nitrogens with one attached hydrogen (secondary N) is 1. The second-order valence-electron chi connectivity index (χ2n) is 4.53. The SMILES string of the molecule is COc1cc(F)c(S(=O)(=O)NCCCC(C)O)cc1OC. The minimum absolute atomic E-state index is 0.112. The summed E-state index contributed by atoms with van der Waals surface area (Å²) in [6.07, 6.45) is 0.398. The fourth-order valence-corrected chi connectivity index (χ4v) is 2.87. The molecule has 0 amide bonds. The fourth-order valence-electron chi connectivity index (χ4n) is 1.72. The lowest BCUT2D eigenvalue weighted by atomic mass is 10.2. The molecule has 1 aromatic rings. The molecule has 0 saturated heterocycles. The van der Waals surface area contributed by atoms with Gasteiger partial charge in [0.15, 0.2) is 11.5 Å². The van der Waals surface area contributed by atoms with Crippen LogP contribution in [0.25, 0.3) is 0 Å². The van der Waals surface area contributed by atoms with E-state index in [9.17, 15) is 12.8 Å². The van der Waals surface area contributed by atoms with Crippen LogP contribution in [0.3, 0.4) is 0 Å². The van der Waals surface area contributed by atoms with Crippen molar-refractivity contribution in [1.29, 1.82) is 0 Å². The molecule has 0 heterocycles. The fraction of sp³-hybridized carbons (Fsp3) is 0.538. The maximum atomic E-state index is 13.9. The number of aliphatic hydroxyl groups is 1. The van der Waals surface area contributed by atoms with Gasteiger partial charge < -0.3 is 14.6 Å². The van der Waals surface area contributed by atoms with Crippen molar-refractivity contribution in [2.45, 2.75) is 30.8 Å². The van der Waals surface area contributed by atoms with Crippen molar-refractivity contribution in [3.05, 3.63) is 17.9 Å². The van der Waals surface area contributed by atoms with Crippen LogP contribution in [-0.2, 0) is 10.0 Å². The van der Waals surface area contributed by atoms with E-state index in [2.05, 4.69) is 4.72 Å². The minimum atomic E-state index is -3.99. The second kappa shape index (κ2) is 7.58. The first-order valence-electron chi connectivity index (χ1n) is 6.41. The molecule has 0 bridgehead atoms. The molecule has 21 heavy (non-hydrogen) atoms. The van der Waals surface area contributed by atoms with Crippen molar-refractivity contribution < 1.29 is 27.4 Å². The number of hydrogen-bond donors (Lipinski definition) is 2. The molecule has 0 fully saturated rings. The van der Waals surface area contributed by atoms with Gasteiger partial charge in [-0.2, -0.15) is 0 Å². The molecular formula is C13H20FNO5S. The van der Waals surface area contributed by atoms with E-state index in [4.69, 9.17) is 14.6 Å². The molecular weight excluding hydrogens is 301 g/mol. The standard InChI is InChI=1S/C13H20FNO5S/c1-9(16)5-4-6-15-21(17,18)13-8-12(20-3)11(19-2)7-10(13)14/h7-9,15-16H,4-6H2,1-3H3. The Morgan fingerprint density at radius 3 is 2.38 bits per heavy atom. The summed E-state index contributed by atoms with van der Waals surface area (Å²) in [5.41, 5.74) is 0. The molecule has 2 N–H and O–H groups in total. The van der Waals surface area contributed by atoms with Gasteiger partial charge in [0, 0.05) is 18.7 Å². The van der Waals surface area contributed by atoms with E-state index in [1.165, 1.54) is 14.2 Å². The highest BCUT2D eigenvalue weighted by atomic mass is 32.2. The number of methoxy groups -OCH3 is 2. The molecule has 0 radical (unpaired) electrons. The molecule has 0 saturated carbocycles. The molecule has 1 rings (SSSR count). The highest BCUT2D eigenvalue weighted by molar-refractivity contribution is 7.89. The normalized spacial score (nSPS) is 13.0. The van der Waals surface area contributed by atoms with E-state index in [-0.39, 0.29) is 18.0 Å². The molecule has 0 aliphatic carbocycles. The van der Waals surface area contributed by atoms with Crippen LogP contribution in [-0.4, -0.2) is 40.4 Å². The summed E-state index contributed by atoms with van der Waals surface area (Å²) in [6.45, 7) is 1.73. The first-order valence-corrected chi connectivity index (χ1v) is 7.89. The zero-order valence-corrected chi connectivity index (χ0v) is 13.0. The predicted octanol–water partition coefficient (Wildman–Crippen LogP) is 1.28. The van der Waals surface area contributed by atoms with E-state index in [1.807, 2.05) is 0 Å². The summed E-state index contributed by atoms with van der Waals surface area (Å²) < 4.78 is 50.2. The van der Waals surface area contributed by atoms with Crippen LogP contribution in [0.15, 0.2) is 17.0 Å². The van der Waals surface area contributed by atoms with Crippen LogP contribution >= 0.6 is 0 Å². The van der Waals surface area contributed by atoms with Crippen LogP contribution in [0.2, 0.25) is 0 Å². The van der Waals surface area contributed by atoms with Crippen molar-refractivity contribution in [1.82, 2.24) is 4.72 Å². The summed E-state index contributed by atoms with van der Waals surface area (Å²) in [7, 11) is -1.32. The van der Waals surface area contributed by atoms with Crippen LogP contribution in [0.4, 0.5) is 4.39 Å². The van der Waals surface area contributed by atoms with E-state index in [0.29, 0.717) is 12.8 Å². The quantitative estimate of drug-likeness (QED) is 0.705. The summed E-state index contributed by atoms with van der Waals surface area (Å²) in [6, 6.07) is 2.04. The molecule has 0 aliphatic heterocycles. The lowest BCUT2D eigenvalue weighted by molar-refractivity contribution is 0.182. The van der Waals surface area contributed by atoms with Crippen molar-refractivity contribution in [2.75, 3.05) is 20.8 Å². The number of hydrogen-bond acceptors (Lipinski definition) is 5. The van der Waals surface area contributed by atoms with Gasteiger partial charge in [-0.3, -0.25) is 0 Å². The number of benzene rings is 1. The molecule has 120 valence electrons. The number of halogens is 1. The Labute approximate surface area is 123 Å². The molecule has 0 aromatic heterocycles. The predicted molar refractivity (Wildman–Crippen MR) is 75.6 cm³/mol. The molecule has 8 heteroatoms.